The van der Waals surface area contributed by atoms with E-state index in [1.165, 1.54) is 18.2 Å². The van der Waals surface area contributed by atoms with E-state index in [2.05, 4.69) is 21.2 Å². The van der Waals surface area contributed by atoms with E-state index in [9.17, 15) is 18.8 Å². The SMILES string of the molecule is CCOc1cc(/C=C2/SC(=O)N(CC(=O)Nc3cccc(F)c3)C2=O)cc(Br)c1OCc1ccc(Cl)cc1. The minimum atomic E-state index is -0.622. The lowest BCUT2D eigenvalue weighted by Gasteiger charge is -2.15. The highest BCUT2D eigenvalue weighted by Crippen LogP contribution is 2.39. The summed E-state index contributed by atoms with van der Waals surface area (Å²) in [5.74, 6) is -0.804. The quantitative estimate of drug-likeness (QED) is 0.263. The number of nitrogens with zero attached hydrogens (tertiary/aromatic N) is 1. The third-order valence-electron chi connectivity index (χ3n) is 5.21. The van der Waals surface area contributed by atoms with E-state index in [1.807, 2.05) is 19.1 Å². The zero-order chi connectivity index (χ0) is 27.2. The van der Waals surface area contributed by atoms with Gasteiger partial charge in [-0.1, -0.05) is 29.8 Å². The minimum Gasteiger partial charge on any atom is -0.490 e. The highest BCUT2D eigenvalue weighted by Gasteiger charge is 2.36. The second-order valence-corrected chi connectivity index (χ2v) is 10.3. The highest BCUT2D eigenvalue weighted by molar-refractivity contribution is 9.10. The normalized spacial score (nSPS) is 14.2. The predicted molar refractivity (Wildman–Crippen MR) is 149 cm³/mol. The van der Waals surface area contributed by atoms with E-state index in [-0.39, 0.29) is 17.2 Å². The number of ether oxygens (including phenoxy) is 2. The molecule has 3 aromatic rings. The molecule has 0 aromatic heterocycles. The van der Waals surface area contributed by atoms with E-state index in [0.29, 0.717) is 33.2 Å². The molecule has 0 atom stereocenters. The van der Waals surface area contributed by atoms with Crippen molar-refractivity contribution in [3.05, 3.63) is 92.0 Å². The number of hydrogen-bond acceptors (Lipinski definition) is 6. The average Bonchev–Trinajstić information content (AvgIpc) is 3.12. The fraction of sp³-hybridized carbons (Fsp3) is 0.148. The number of halogens is 3. The van der Waals surface area contributed by atoms with Crippen molar-refractivity contribution in [2.45, 2.75) is 13.5 Å². The van der Waals surface area contributed by atoms with Crippen LogP contribution in [-0.4, -0.2) is 35.1 Å². The number of nitrogens with one attached hydrogen (secondary N) is 1. The largest absolute Gasteiger partial charge is 0.490 e. The molecule has 0 unspecified atom stereocenters. The summed E-state index contributed by atoms with van der Waals surface area (Å²) in [7, 11) is 0. The lowest BCUT2D eigenvalue weighted by atomic mass is 10.1. The smallest absolute Gasteiger partial charge is 0.294 e. The Labute approximate surface area is 236 Å². The summed E-state index contributed by atoms with van der Waals surface area (Å²) in [5, 5.41) is 2.53. The molecule has 1 saturated heterocycles. The van der Waals surface area contributed by atoms with Gasteiger partial charge < -0.3 is 14.8 Å². The number of carbonyl (C=O) groups excluding carboxylic acids is 3. The van der Waals surface area contributed by atoms with Crippen molar-refractivity contribution in [2.24, 2.45) is 0 Å². The molecule has 1 fully saturated rings. The molecule has 3 amide bonds. The van der Waals surface area contributed by atoms with Crippen LogP contribution in [0.15, 0.2) is 70.0 Å². The number of hydrogen-bond donors (Lipinski definition) is 1. The van der Waals surface area contributed by atoms with Gasteiger partial charge in [0.2, 0.25) is 5.91 Å². The first kappa shape index (κ1) is 27.7. The summed E-state index contributed by atoms with van der Waals surface area (Å²) in [5.41, 5.74) is 1.74. The van der Waals surface area contributed by atoms with Crippen LogP contribution in [0.25, 0.3) is 6.08 Å². The van der Waals surface area contributed by atoms with Crippen LogP contribution in [0.3, 0.4) is 0 Å². The first-order valence-electron chi connectivity index (χ1n) is 11.4. The molecule has 1 aliphatic rings. The number of imide groups is 1. The molecule has 11 heteroatoms. The van der Waals surface area contributed by atoms with Crippen LogP contribution in [0.5, 0.6) is 11.5 Å². The zero-order valence-corrected chi connectivity index (χ0v) is 23.2. The van der Waals surface area contributed by atoms with Gasteiger partial charge in [-0.15, -0.1) is 0 Å². The average molecular weight is 620 g/mol. The second-order valence-electron chi connectivity index (χ2n) is 8.00. The Balaban J connectivity index is 1.48. The van der Waals surface area contributed by atoms with E-state index in [4.69, 9.17) is 21.1 Å². The number of carbonyl (C=O) groups is 3. The maximum atomic E-state index is 13.4. The number of rotatable bonds is 9. The van der Waals surface area contributed by atoms with Gasteiger partial charge in [-0.2, -0.15) is 0 Å². The van der Waals surface area contributed by atoms with Gasteiger partial charge >= 0.3 is 0 Å². The highest BCUT2D eigenvalue weighted by atomic mass is 79.9. The Hall–Kier alpha value is -3.34. The summed E-state index contributed by atoms with van der Waals surface area (Å²) in [6.45, 7) is 2.00. The molecule has 1 heterocycles. The van der Waals surface area contributed by atoms with Gasteiger partial charge in [-0.25, -0.2) is 4.39 Å². The number of benzene rings is 3. The van der Waals surface area contributed by atoms with E-state index in [0.717, 1.165) is 28.3 Å². The van der Waals surface area contributed by atoms with Gasteiger partial charge in [0.25, 0.3) is 11.1 Å². The van der Waals surface area contributed by atoms with Gasteiger partial charge in [-0.3, -0.25) is 19.3 Å². The Morgan fingerprint density at radius 1 is 1.13 bits per heavy atom. The van der Waals surface area contributed by atoms with E-state index < -0.39 is 29.4 Å². The predicted octanol–water partition coefficient (Wildman–Crippen LogP) is 6.89. The molecule has 0 radical (unpaired) electrons. The summed E-state index contributed by atoms with van der Waals surface area (Å²) in [6.07, 6.45) is 1.55. The van der Waals surface area contributed by atoms with Gasteiger partial charge in [0.05, 0.1) is 16.0 Å². The molecule has 1 N–H and O–H groups in total. The van der Waals surface area contributed by atoms with Crippen LogP contribution in [0.4, 0.5) is 14.9 Å². The van der Waals surface area contributed by atoms with E-state index >= 15 is 0 Å². The molecule has 196 valence electrons. The van der Waals surface area contributed by atoms with Crippen molar-refractivity contribution >= 4 is 68.1 Å². The maximum absolute atomic E-state index is 13.4. The van der Waals surface area contributed by atoms with Crippen LogP contribution >= 0.6 is 39.3 Å². The van der Waals surface area contributed by atoms with Crippen molar-refractivity contribution < 1.29 is 28.2 Å². The Morgan fingerprint density at radius 3 is 2.61 bits per heavy atom. The van der Waals surface area contributed by atoms with Crippen LogP contribution in [-0.2, 0) is 16.2 Å². The number of thioether (sulfide) groups is 1. The van der Waals surface area contributed by atoms with Crippen LogP contribution in [0, 0.1) is 5.82 Å². The van der Waals surface area contributed by atoms with Crippen molar-refractivity contribution in [1.29, 1.82) is 0 Å². The standard InChI is InChI=1S/C27H21BrClFN2O5S/c1-2-36-22-11-17(10-21(28)25(22)37-15-16-6-8-18(29)9-7-16)12-23-26(34)32(27(35)38-23)14-24(33)31-20-5-3-4-19(30)13-20/h3-13H,2,14-15H2,1H3,(H,31,33)/b23-12+. The molecule has 0 bridgehead atoms. The molecule has 0 saturated carbocycles. The monoisotopic (exact) mass is 618 g/mol. The molecular formula is C27H21BrClFN2O5S. The summed E-state index contributed by atoms with van der Waals surface area (Å²) in [4.78, 5) is 38.7. The lowest BCUT2D eigenvalue weighted by Crippen LogP contribution is -2.36. The molecule has 7 nitrogen and oxygen atoms in total. The van der Waals surface area contributed by atoms with Crippen molar-refractivity contribution in [2.75, 3.05) is 18.5 Å². The van der Waals surface area contributed by atoms with E-state index in [1.54, 1.807) is 30.3 Å². The Bertz CT molecular complexity index is 1420. The van der Waals surface area contributed by atoms with Crippen molar-refractivity contribution in [1.82, 2.24) is 4.90 Å². The first-order chi connectivity index (χ1) is 18.2. The fourth-order valence-corrected chi connectivity index (χ4v) is 5.05. The summed E-state index contributed by atoms with van der Waals surface area (Å²) in [6, 6.07) is 16.0. The molecule has 0 aliphatic carbocycles. The Morgan fingerprint density at radius 2 is 1.89 bits per heavy atom. The van der Waals surface area contributed by atoms with Crippen molar-refractivity contribution in [3.8, 4) is 11.5 Å². The molecule has 0 spiro atoms. The molecule has 1 aliphatic heterocycles. The Kier molecular flexibility index (Phi) is 9.09. The van der Waals surface area contributed by atoms with Crippen molar-refractivity contribution in [3.63, 3.8) is 0 Å². The topological polar surface area (TPSA) is 84.9 Å². The fourth-order valence-electron chi connectivity index (χ4n) is 3.51. The maximum Gasteiger partial charge on any atom is 0.294 e. The molecule has 38 heavy (non-hydrogen) atoms. The zero-order valence-electron chi connectivity index (χ0n) is 20.0. The van der Waals surface area contributed by atoms with Gasteiger partial charge in [-0.05, 0) is 94.3 Å². The van der Waals surface area contributed by atoms with Crippen LogP contribution < -0.4 is 14.8 Å². The molecular weight excluding hydrogens is 599 g/mol. The molecule has 3 aromatic carbocycles. The third kappa shape index (κ3) is 6.94. The number of amides is 3. The first-order valence-corrected chi connectivity index (χ1v) is 13.4. The van der Waals surface area contributed by atoms with Crippen LogP contribution in [0.1, 0.15) is 18.1 Å². The van der Waals surface area contributed by atoms with Gasteiger partial charge in [0.1, 0.15) is 19.0 Å². The molecule has 4 rings (SSSR count). The van der Waals surface area contributed by atoms with Crippen LogP contribution in [0.2, 0.25) is 5.02 Å². The van der Waals surface area contributed by atoms with Gasteiger partial charge in [0.15, 0.2) is 11.5 Å². The van der Waals surface area contributed by atoms with Gasteiger partial charge in [0, 0.05) is 10.7 Å². The number of anilines is 1. The third-order valence-corrected chi connectivity index (χ3v) is 6.96. The minimum absolute atomic E-state index is 0.151. The lowest BCUT2D eigenvalue weighted by molar-refractivity contribution is -0.127. The summed E-state index contributed by atoms with van der Waals surface area (Å²) >= 11 is 10.2. The summed E-state index contributed by atoms with van der Waals surface area (Å²) < 4.78 is 25.7. The second kappa shape index (κ2) is 12.5.